The second-order valence-electron chi connectivity index (χ2n) is 3.33. The summed E-state index contributed by atoms with van der Waals surface area (Å²) in [5.41, 5.74) is 1.63. The summed E-state index contributed by atoms with van der Waals surface area (Å²) in [6, 6.07) is 5.14. The smallest absolute Gasteiger partial charge is 0.161 e. The van der Waals surface area contributed by atoms with Crippen LogP contribution in [0.5, 0.6) is 0 Å². The molecule has 0 saturated heterocycles. The molecule has 0 amide bonds. The summed E-state index contributed by atoms with van der Waals surface area (Å²) in [7, 11) is 0. The lowest BCUT2D eigenvalue weighted by Crippen LogP contribution is -2.13. The minimum atomic E-state index is -0.212. The second kappa shape index (κ2) is 2.64. The topological polar surface area (TPSA) is 30.7 Å². The van der Waals surface area contributed by atoms with E-state index in [0.717, 1.165) is 18.5 Å². The first kappa shape index (κ1) is 7.67. The first-order chi connectivity index (χ1) is 6.86. The molecule has 3 nitrogen and oxygen atoms in total. The highest BCUT2D eigenvalue weighted by Crippen LogP contribution is 2.29. The van der Waals surface area contributed by atoms with Gasteiger partial charge in [-0.25, -0.2) is 14.1 Å². The summed E-state index contributed by atoms with van der Waals surface area (Å²) in [4.78, 5) is 4.07. The number of aryl methyl sites for hydroxylation is 2. The zero-order valence-corrected chi connectivity index (χ0v) is 7.44. The van der Waals surface area contributed by atoms with Crippen LogP contribution in [0.2, 0.25) is 0 Å². The van der Waals surface area contributed by atoms with Gasteiger partial charge in [0.1, 0.15) is 12.1 Å². The van der Waals surface area contributed by atoms with Crippen molar-refractivity contribution in [2.75, 3.05) is 0 Å². The first-order valence-corrected chi connectivity index (χ1v) is 4.52. The molecule has 70 valence electrons. The van der Waals surface area contributed by atoms with Crippen LogP contribution in [0.15, 0.2) is 24.5 Å². The fraction of sp³-hybridized carbons (Fsp3) is 0.200. The van der Waals surface area contributed by atoms with Crippen LogP contribution in [-0.2, 0) is 13.0 Å². The van der Waals surface area contributed by atoms with Crippen LogP contribution < -0.4 is 0 Å². The molecule has 0 unspecified atom stereocenters. The Kier molecular flexibility index (Phi) is 1.45. The summed E-state index contributed by atoms with van der Waals surface area (Å²) < 4.78 is 15.3. The molecular formula is C10H8FN3. The van der Waals surface area contributed by atoms with Crippen molar-refractivity contribution in [3.63, 3.8) is 0 Å². The Balaban J connectivity index is 2.34. The predicted molar refractivity (Wildman–Crippen MR) is 49.1 cm³/mol. The average Bonchev–Trinajstić information content (AvgIpc) is 2.65. The van der Waals surface area contributed by atoms with E-state index >= 15 is 0 Å². The lowest BCUT2D eigenvalue weighted by molar-refractivity contribution is 0.581. The lowest BCUT2D eigenvalue weighted by atomic mass is 10.0. The van der Waals surface area contributed by atoms with Crippen molar-refractivity contribution in [2.45, 2.75) is 13.0 Å². The third kappa shape index (κ3) is 0.907. The van der Waals surface area contributed by atoms with Gasteiger partial charge in [0.2, 0.25) is 0 Å². The molecule has 0 spiro atoms. The number of halogens is 1. The number of fused-ring (bicyclic) bond motifs is 3. The van der Waals surface area contributed by atoms with Crippen LogP contribution >= 0.6 is 0 Å². The van der Waals surface area contributed by atoms with E-state index in [-0.39, 0.29) is 5.82 Å². The fourth-order valence-electron chi connectivity index (χ4n) is 1.88. The van der Waals surface area contributed by atoms with Gasteiger partial charge in [-0.05, 0) is 18.1 Å². The number of hydrogen-bond acceptors (Lipinski definition) is 2. The Bertz CT molecular complexity index is 490. The number of nitrogens with zero attached hydrogens (tertiary/aromatic N) is 3. The molecule has 0 aliphatic carbocycles. The number of aromatic nitrogens is 3. The number of hydrogen-bond donors (Lipinski definition) is 0. The molecule has 0 saturated carbocycles. The first-order valence-electron chi connectivity index (χ1n) is 4.52. The molecular weight excluding hydrogens is 181 g/mol. The SMILES string of the molecule is Fc1cccc2c1-c1ncnn1CC2. The van der Waals surface area contributed by atoms with Gasteiger partial charge in [0, 0.05) is 6.54 Å². The van der Waals surface area contributed by atoms with Crippen LogP contribution in [0.25, 0.3) is 11.4 Å². The molecule has 0 N–H and O–H groups in total. The molecule has 2 aromatic rings. The van der Waals surface area contributed by atoms with Crippen LogP contribution in [-0.4, -0.2) is 14.8 Å². The minimum absolute atomic E-state index is 0.212. The van der Waals surface area contributed by atoms with E-state index in [4.69, 9.17) is 0 Å². The Hall–Kier alpha value is -1.71. The van der Waals surface area contributed by atoms with Gasteiger partial charge in [0.15, 0.2) is 5.82 Å². The summed E-state index contributed by atoms with van der Waals surface area (Å²) in [5.74, 6) is 0.431. The molecule has 1 aliphatic rings. The fourth-order valence-corrected chi connectivity index (χ4v) is 1.88. The van der Waals surface area contributed by atoms with Gasteiger partial charge >= 0.3 is 0 Å². The van der Waals surface area contributed by atoms with Crippen LogP contribution in [0, 0.1) is 5.82 Å². The number of rotatable bonds is 0. The molecule has 3 rings (SSSR count). The van der Waals surface area contributed by atoms with E-state index in [0.29, 0.717) is 11.4 Å². The minimum Gasteiger partial charge on any atom is -0.245 e. The molecule has 0 radical (unpaired) electrons. The standard InChI is InChI=1S/C10H8FN3/c11-8-3-1-2-7-4-5-14-10(9(7)8)12-6-13-14/h1-3,6H,4-5H2. The Morgan fingerprint density at radius 2 is 2.29 bits per heavy atom. The van der Waals surface area contributed by atoms with E-state index in [2.05, 4.69) is 10.1 Å². The van der Waals surface area contributed by atoms with Crippen LogP contribution in [0.3, 0.4) is 0 Å². The van der Waals surface area contributed by atoms with E-state index in [1.165, 1.54) is 12.4 Å². The quantitative estimate of drug-likeness (QED) is 0.630. The van der Waals surface area contributed by atoms with Gasteiger partial charge in [0.25, 0.3) is 0 Å². The largest absolute Gasteiger partial charge is 0.245 e. The predicted octanol–water partition coefficient (Wildman–Crippen LogP) is 1.64. The zero-order chi connectivity index (χ0) is 9.54. The van der Waals surface area contributed by atoms with Gasteiger partial charge in [-0.3, -0.25) is 0 Å². The highest BCUT2D eigenvalue weighted by molar-refractivity contribution is 5.62. The molecule has 1 aliphatic heterocycles. The van der Waals surface area contributed by atoms with E-state index in [1.54, 1.807) is 10.7 Å². The van der Waals surface area contributed by atoms with Crippen molar-refractivity contribution in [2.24, 2.45) is 0 Å². The summed E-state index contributed by atoms with van der Waals surface area (Å²) in [6.45, 7) is 0.784. The molecule has 4 heteroatoms. The van der Waals surface area contributed by atoms with Crippen molar-refractivity contribution in [3.8, 4) is 11.4 Å². The molecule has 14 heavy (non-hydrogen) atoms. The zero-order valence-electron chi connectivity index (χ0n) is 7.44. The molecule has 2 heterocycles. The summed E-state index contributed by atoms with van der Waals surface area (Å²) >= 11 is 0. The maximum Gasteiger partial charge on any atom is 0.161 e. The van der Waals surface area contributed by atoms with Crippen molar-refractivity contribution < 1.29 is 4.39 Å². The van der Waals surface area contributed by atoms with Crippen LogP contribution in [0.4, 0.5) is 4.39 Å². The Morgan fingerprint density at radius 3 is 3.21 bits per heavy atom. The van der Waals surface area contributed by atoms with Gasteiger partial charge in [-0.1, -0.05) is 12.1 Å². The van der Waals surface area contributed by atoms with Crippen molar-refractivity contribution >= 4 is 0 Å². The van der Waals surface area contributed by atoms with Crippen molar-refractivity contribution in [1.29, 1.82) is 0 Å². The van der Waals surface area contributed by atoms with Crippen LogP contribution in [0.1, 0.15) is 5.56 Å². The molecule has 1 aromatic carbocycles. The molecule has 0 atom stereocenters. The van der Waals surface area contributed by atoms with Crippen molar-refractivity contribution in [1.82, 2.24) is 14.8 Å². The van der Waals surface area contributed by atoms with Gasteiger partial charge < -0.3 is 0 Å². The van der Waals surface area contributed by atoms with Gasteiger partial charge in [0.05, 0.1) is 5.56 Å². The van der Waals surface area contributed by atoms with E-state index in [1.807, 2.05) is 6.07 Å². The van der Waals surface area contributed by atoms with E-state index < -0.39 is 0 Å². The Morgan fingerprint density at radius 1 is 1.36 bits per heavy atom. The maximum absolute atomic E-state index is 13.5. The van der Waals surface area contributed by atoms with Crippen molar-refractivity contribution in [3.05, 3.63) is 35.9 Å². The normalized spacial score (nSPS) is 13.5. The Labute approximate surface area is 80.2 Å². The van der Waals surface area contributed by atoms with E-state index in [9.17, 15) is 4.39 Å². The monoisotopic (exact) mass is 189 g/mol. The lowest BCUT2D eigenvalue weighted by Gasteiger charge is -2.16. The molecule has 0 fully saturated rings. The number of benzene rings is 1. The highest BCUT2D eigenvalue weighted by atomic mass is 19.1. The highest BCUT2D eigenvalue weighted by Gasteiger charge is 2.20. The summed E-state index contributed by atoms with van der Waals surface area (Å²) in [5, 5.41) is 4.04. The second-order valence-corrected chi connectivity index (χ2v) is 3.33. The average molecular weight is 189 g/mol. The molecule has 0 bridgehead atoms. The van der Waals surface area contributed by atoms with Gasteiger partial charge in [-0.2, -0.15) is 5.10 Å². The third-order valence-corrected chi connectivity index (χ3v) is 2.53. The maximum atomic E-state index is 13.5. The third-order valence-electron chi connectivity index (χ3n) is 2.53. The molecule has 1 aromatic heterocycles. The van der Waals surface area contributed by atoms with Gasteiger partial charge in [-0.15, -0.1) is 0 Å². The summed E-state index contributed by atoms with van der Waals surface area (Å²) in [6.07, 6.45) is 2.29.